The maximum absolute atomic E-state index is 9.43. The molecular formula is C3H7AlO2. The van der Waals surface area contributed by atoms with Crippen LogP contribution >= 0.6 is 0 Å². The molecule has 0 saturated heterocycles. The Kier molecular flexibility index (Phi) is 3.20. The van der Waals surface area contributed by atoms with E-state index in [0.29, 0.717) is 6.47 Å². The zero-order valence-corrected chi connectivity index (χ0v) is 5.13. The molecule has 0 atom stereocenters. The molecule has 0 aliphatic carbocycles. The van der Waals surface area contributed by atoms with E-state index in [9.17, 15) is 4.79 Å². The molecule has 0 spiro atoms. The molecule has 0 heterocycles. The van der Waals surface area contributed by atoms with E-state index in [0.717, 1.165) is 0 Å². The highest BCUT2D eigenvalue weighted by atomic mass is 27.2. The Morgan fingerprint density at radius 3 is 2.17 bits per heavy atom. The number of hydrogen-bond donors (Lipinski definition) is 0. The molecule has 0 saturated carbocycles. The molecule has 6 heavy (non-hydrogen) atoms. The van der Waals surface area contributed by atoms with Gasteiger partial charge in [0.1, 0.15) is 0 Å². The van der Waals surface area contributed by atoms with Gasteiger partial charge in [0.15, 0.2) is 0 Å². The maximum Gasteiger partial charge on any atom is 0.541 e. The quantitative estimate of drug-likeness (QED) is 0.373. The average molecular weight is 102 g/mol. The lowest BCUT2D eigenvalue weighted by Crippen LogP contribution is -2.04. The fourth-order valence-electron chi connectivity index (χ4n) is 0.111. The van der Waals surface area contributed by atoms with Crippen LogP contribution in [-0.4, -0.2) is 21.0 Å². The molecule has 34 valence electrons. The van der Waals surface area contributed by atoms with Gasteiger partial charge < -0.3 is 3.79 Å². The van der Waals surface area contributed by atoms with Crippen LogP contribution in [0.2, 0.25) is 11.6 Å². The lowest BCUT2D eigenvalue weighted by molar-refractivity contribution is -0.120. The normalized spacial score (nSPS) is 7.00. The van der Waals surface area contributed by atoms with Gasteiger partial charge in [0.25, 0.3) is 6.47 Å². The van der Waals surface area contributed by atoms with Crippen LogP contribution < -0.4 is 0 Å². The molecule has 0 aliphatic rings. The number of rotatable bonds is 2. The molecule has 0 radical (unpaired) electrons. The topological polar surface area (TPSA) is 26.3 Å². The van der Waals surface area contributed by atoms with Crippen LogP contribution in [0.15, 0.2) is 0 Å². The Morgan fingerprint density at radius 2 is 2.17 bits per heavy atom. The van der Waals surface area contributed by atoms with Crippen molar-refractivity contribution in [2.45, 2.75) is 11.6 Å². The summed E-state index contributed by atoms with van der Waals surface area (Å²) >= 11 is -1.04. The van der Waals surface area contributed by atoms with E-state index >= 15 is 0 Å². The van der Waals surface area contributed by atoms with Gasteiger partial charge >= 0.3 is 14.5 Å². The zero-order chi connectivity index (χ0) is 4.99. The monoisotopic (exact) mass is 102 g/mol. The summed E-state index contributed by atoms with van der Waals surface area (Å²) in [6.45, 7) is 0.511. The summed E-state index contributed by atoms with van der Waals surface area (Å²) in [6, 6.07) is 0. The van der Waals surface area contributed by atoms with E-state index in [-0.39, 0.29) is 0 Å². The van der Waals surface area contributed by atoms with Crippen molar-refractivity contribution in [1.82, 2.24) is 0 Å². The van der Waals surface area contributed by atoms with Gasteiger partial charge in [-0.2, -0.15) is 0 Å². The van der Waals surface area contributed by atoms with Gasteiger partial charge in [-0.1, -0.05) is 11.6 Å². The molecule has 2 nitrogen and oxygen atoms in total. The van der Waals surface area contributed by atoms with Crippen molar-refractivity contribution in [3.63, 3.8) is 0 Å². The van der Waals surface area contributed by atoms with Crippen molar-refractivity contribution in [2.75, 3.05) is 0 Å². The van der Waals surface area contributed by atoms with Gasteiger partial charge in [-0.3, -0.25) is 4.79 Å². The van der Waals surface area contributed by atoms with E-state index in [1.165, 1.54) is 0 Å². The van der Waals surface area contributed by atoms with Crippen LogP contribution in [0.4, 0.5) is 0 Å². The predicted octanol–water partition coefficient (Wildman–Crippen LogP) is 0.410. The van der Waals surface area contributed by atoms with Crippen molar-refractivity contribution in [3.8, 4) is 0 Å². The van der Waals surface area contributed by atoms with Crippen molar-refractivity contribution in [1.29, 1.82) is 0 Å². The van der Waals surface area contributed by atoms with Gasteiger partial charge in [0, 0.05) is 0 Å². The van der Waals surface area contributed by atoms with E-state index in [1.54, 1.807) is 0 Å². The highest BCUT2D eigenvalue weighted by molar-refractivity contribution is 6.49. The molecule has 0 unspecified atom stereocenters. The fourth-order valence-corrected chi connectivity index (χ4v) is 0.333. The molecule has 0 aliphatic heterocycles. The zero-order valence-electron chi connectivity index (χ0n) is 3.97. The van der Waals surface area contributed by atoms with Gasteiger partial charge in [-0.15, -0.1) is 0 Å². The van der Waals surface area contributed by atoms with Crippen molar-refractivity contribution < 1.29 is 8.58 Å². The SMILES string of the molecule is [CH3][Al]([CH3])[O]C=O. The lowest BCUT2D eigenvalue weighted by Gasteiger charge is -1.90. The summed E-state index contributed by atoms with van der Waals surface area (Å²) < 4.78 is 4.50. The van der Waals surface area contributed by atoms with Crippen LogP contribution in [0.1, 0.15) is 0 Å². The third-order valence-electron chi connectivity index (χ3n) is 0.328. The van der Waals surface area contributed by atoms with E-state index in [2.05, 4.69) is 3.79 Å². The molecular weight excluding hydrogens is 95.0 g/mol. The smallest absolute Gasteiger partial charge is 0.541 e. The summed E-state index contributed by atoms with van der Waals surface area (Å²) in [6.07, 6.45) is 0. The van der Waals surface area contributed by atoms with Gasteiger partial charge in [0.2, 0.25) is 0 Å². The van der Waals surface area contributed by atoms with Gasteiger partial charge in [-0.25, -0.2) is 0 Å². The van der Waals surface area contributed by atoms with Crippen LogP contribution in [0.5, 0.6) is 0 Å². The largest absolute Gasteiger partial charge is 0.619 e. The Bertz CT molecular complexity index is 44.1. The van der Waals surface area contributed by atoms with E-state index < -0.39 is 14.5 Å². The molecule has 0 rings (SSSR count). The standard InChI is InChI=1S/CH2O2.2CH3.Al/c2-1-3;;;/h1H,(H,2,3);2*1H3;/q;;;+1/p-1. The average Bonchev–Trinajstić information content (AvgIpc) is 1.35. The first kappa shape index (κ1) is 6.00. The van der Waals surface area contributed by atoms with Crippen LogP contribution in [0.25, 0.3) is 0 Å². The first-order valence-corrected chi connectivity index (χ1v) is 4.64. The Labute approximate surface area is 41.8 Å². The minimum atomic E-state index is -1.04. The summed E-state index contributed by atoms with van der Waals surface area (Å²) in [7, 11) is 0. The van der Waals surface area contributed by atoms with Crippen molar-refractivity contribution in [2.24, 2.45) is 0 Å². The fraction of sp³-hybridized carbons (Fsp3) is 0.667. The molecule has 0 bridgehead atoms. The van der Waals surface area contributed by atoms with Gasteiger partial charge in [-0.05, 0) is 0 Å². The second-order valence-electron chi connectivity index (χ2n) is 1.28. The summed E-state index contributed by atoms with van der Waals surface area (Å²) in [5.41, 5.74) is 0. The highest BCUT2D eigenvalue weighted by Gasteiger charge is 2.01. The third-order valence-corrected chi connectivity index (χ3v) is 0.983. The predicted molar refractivity (Wildman–Crippen MR) is 24.6 cm³/mol. The first-order valence-electron chi connectivity index (χ1n) is 1.86. The minimum absolute atomic E-state index is 0.511. The maximum atomic E-state index is 9.43. The number of carbonyl (C=O) groups is 1. The number of carbonyl (C=O) groups excluding carboxylic acids is 1. The summed E-state index contributed by atoms with van der Waals surface area (Å²) in [5.74, 6) is 3.88. The lowest BCUT2D eigenvalue weighted by atomic mass is 11.7. The summed E-state index contributed by atoms with van der Waals surface area (Å²) in [5, 5.41) is 0. The number of hydrogen-bond acceptors (Lipinski definition) is 2. The Hall–Kier alpha value is 0.00247. The van der Waals surface area contributed by atoms with E-state index in [1.807, 2.05) is 11.6 Å². The highest BCUT2D eigenvalue weighted by Crippen LogP contribution is 1.74. The molecule has 0 aromatic heterocycles. The van der Waals surface area contributed by atoms with Crippen molar-refractivity contribution >= 4 is 21.0 Å². The second kappa shape index (κ2) is 3.20. The Morgan fingerprint density at radius 1 is 1.67 bits per heavy atom. The Balaban J connectivity index is 2.81. The van der Waals surface area contributed by atoms with Gasteiger partial charge in [0.05, 0.1) is 0 Å². The second-order valence-corrected chi connectivity index (χ2v) is 3.65. The van der Waals surface area contributed by atoms with Crippen molar-refractivity contribution in [3.05, 3.63) is 0 Å². The van der Waals surface area contributed by atoms with E-state index in [4.69, 9.17) is 0 Å². The molecule has 0 N–H and O–H groups in total. The van der Waals surface area contributed by atoms with Crippen LogP contribution in [0, 0.1) is 0 Å². The minimum Gasteiger partial charge on any atom is -0.619 e. The molecule has 0 amide bonds. The molecule has 0 fully saturated rings. The van der Waals surface area contributed by atoms with Crippen LogP contribution in [-0.2, 0) is 8.58 Å². The summed E-state index contributed by atoms with van der Waals surface area (Å²) in [4.78, 5) is 9.43. The third kappa shape index (κ3) is 4.00. The molecule has 3 heteroatoms. The van der Waals surface area contributed by atoms with Crippen LogP contribution in [0.3, 0.4) is 0 Å². The first-order chi connectivity index (χ1) is 2.77. The molecule has 0 aromatic rings. The molecule has 0 aromatic carbocycles.